The number of pyridine rings is 1. The summed E-state index contributed by atoms with van der Waals surface area (Å²) in [5.74, 6) is -0.895. The molecule has 0 bridgehead atoms. The van der Waals surface area contributed by atoms with Gasteiger partial charge in [0.15, 0.2) is 11.6 Å². The molecule has 7 heteroatoms. The van der Waals surface area contributed by atoms with Crippen molar-refractivity contribution in [2.75, 3.05) is 18.8 Å². The number of nitrogen functional groups attached to an aromatic ring is 1. The molecule has 2 N–H and O–H groups in total. The molecule has 1 fully saturated rings. The predicted molar refractivity (Wildman–Crippen MR) is 114 cm³/mol. The highest BCUT2D eigenvalue weighted by molar-refractivity contribution is 6.31. The fourth-order valence-electron chi connectivity index (χ4n) is 3.58. The Labute approximate surface area is 179 Å². The first-order chi connectivity index (χ1) is 14.5. The molecule has 0 radical (unpaired) electrons. The fraction of sp³-hybridized carbons (Fsp3) is 0.261. The van der Waals surface area contributed by atoms with E-state index in [9.17, 15) is 8.78 Å². The summed E-state index contributed by atoms with van der Waals surface area (Å²) in [6.45, 7) is 3.00. The number of rotatable bonds is 6. The monoisotopic (exact) mass is 429 g/mol. The van der Waals surface area contributed by atoms with E-state index in [4.69, 9.17) is 22.1 Å². The quantitative estimate of drug-likeness (QED) is 0.530. The molecule has 4 rings (SSSR count). The van der Waals surface area contributed by atoms with Crippen molar-refractivity contribution in [3.05, 3.63) is 76.4 Å². The predicted octanol–water partition coefficient (Wildman–Crippen LogP) is 5.44. The van der Waals surface area contributed by atoms with Crippen molar-refractivity contribution in [2.24, 2.45) is 0 Å². The topological polar surface area (TPSA) is 51.4 Å². The fourth-order valence-corrected chi connectivity index (χ4v) is 3.79. The maximum atomic E-state index is 14.0. The molecule has 2 heterocycles. The Morgan fingerprint density at radius 3 is 2.43 bits per heavy atom. The van der Waals surface area contributed by atoms with Crippen molar-refractivity contribution in [1.29, 1.82) is 0 Å². The van der Waals surface area contributed by atoms with E-state index in [1.54, 1.807) is 12.3 Å². The van der Waals surface area contributed by atoms with Gasteiger partial charge in [0.05, 0.1) is 5.02 Å². The van der Waals surface area contributed by atoms with Crippen molar-refractivity contribution >= 4 is 17.4 Å². The Morgan fingerprint density at radius 1 is 1.00 bits per heavy atom. The van der Waals surface area contributed by atoms with Crippen LogP contribution in [-0.2, 0) is 13.2 Å². The number of anilines is 1. The first-order valence-electron chi connectivity index (χ1n) is 9.83. The van der Waals surface area contributed by atoms with Crippen LogP contribution in [0.4, 0.5) is 14.6 Å². The first-order valence-corrected chi connectivity index (χ1v) is 10.2. The average molecular weight is 430 g/mol. The van der Waals surface area contributed by atoms with Gasteiger partial charge in [0.2, 0.25) is 0 Å². The van der Waals surface area contributed by atoms with Crippen molar-refractivity contribution in [3.63, 3.8) is 0 Å². The van der Waals surface area contributed by atoms with E-state index in [1.165, 1.54) is 18.4 Å². The second-order valence-electron chi connectivity index (χ2n) is 7.40. The Hall–Kier alpha value is -2.70. The van der Waals surface area contributed by atoms with Crippen molar-refractivity contribution in [3.8, 4) is 16.9 Å². The summed E-state index contributed by atoms with van der Waals surface area (Å²) in [4.78, 5) is 6.63. The third-order valence-electron chi connectivity index (χ3n) is 5.28. The summed E-state index contributed by atoms with van der Waals surface area (Å²) in [6, 6.07) is 12.0. The number of benzene rings is 2. The van der Waals surface area contributed by atoms with Crippen LogP contribution >= 0.6 is 11.6 Å². The van der Waals surface area contributed by atoms with E-state index in [0.717, 1.165) is 42.9 Å². The van der Waals surface area contributed by atoms with Crippen LogP contribution in [0.1, 0.15) is 24.0 Å². The second kappa shape index (κ2) is 8.98. The zero-order valence-electron chi connectivity index (χ0n) is 16.4. The molecule has 1 saturated heterocycles. The zero-order chi connectivity index (χ0) is 21.1. The van der Waals surface area contributed by atoms with Crippen LogP contribution < -0.4 is 10.5 Å². The van der Waals surface area contributed by atoms with Crippen molar-refractivity contribution < 1.29 is 13.5 Å². The van der Waals surface area contributed by atoms with Gasteiger partial charge in [-0.15, -0.1) is 0 Å². The number of likely N-dealkylation sites (tertiary alicyclic amines) is 1. The Balaban J connectivity index is 1.50. The van der Waals surface area contributed by atoms with Crippen LogP contribution in [0, 0.1) is 11.6 Å². The summed E-state index contributed by atoms with van der Waals surface area (Å²) < 4.78 is 33.2. The number of hydrogen-bond donors (Lipinski definition) is 1. The smallest absolute Gasteiger partial charge is 0.166 e. The average Bonchev–Trinajstić information content (AvgIpc) is 3.26. The Bertz CT molecular complexity index is 1040. The molecule has 0 aliphatic carbocycles. The van der Waals surface area contributed by atoms with Gasteiger partial charge in [0, 0.05) is 23.9 Å². The van der Waals surface area contributed by atoms with Crippen LogP contribution in [0.25, 0.3) is 11.1 Å². The lowest BCUT2D eigenvalue weighted by molar-refractivity contribution is 0.300. The van der Waals surface area contributed by atoms with Crippen LogP contribution in [0.15, 0.2) is 48.7 Å². The van der Waals surface area contributed by atoms with E-state index in [0.29, 0.717) is 0 Å². The normalized spacial score (nSPS) is 14.2. The van der Waals surface area contributed by atoms with Gasteiger partial charge in [-0.2, -0.15) is 0 Å². The lowest BCUT2D eigenvalue weighted by Crippen LogP contribution is -2.18. The first kappa shape index (κ1) is 20.6. The summed E-state index contributed by atoms with van der Waals surface area (Å²) in [7, 11) is 0. The number of nitrogens with zero attached hydrogens (tertiary/aromatic N) is 2. The summed E-state index contributed by atoms with van der Waals surface area (Å²) in [5, 5.41) is -0.300. The molecule has 0 atom stereocenters. The van der Waals surface area contributed by atoms with Crippen LogP contribution in [0.5, 0.6) is 5.75 Å². The molecular formula is C23H22ClF2N3O. The molecule has 1 aliphatic heterocycles. The number of halogens is 3. The number of ether oxygens (including phenoxy) is 1. The van der Waals surface area contributed by atoms with Crippen molar-refractivity contribution in [1.82, 2.24) is 9.88 Å². The highest BCUT2D eigenvalue weighted by Crippen LogP contribution is 2.30. The standard InChI is InChI=1S/C23H22ClF2N3O/c24-22-18(19(25)7-8-20(22)26)14-30-21-11-17(12-28-23(21)27)16-5-3-15(4-6-16)13-29-9-1-2-10-29/h3-8,11-12H,1-2,9-10,13-14H2,(H2,27,28). The molecule has 0 amide bonds. The highest BCUT2D eigenvalue weighted by atomic mass is 35.5. The van der Waals surface area contributed by atoms with Gasteiger partial charge in [0.1, 0.15) is 18.2 Å². The van der Waals surface area contributed by atoms with E-state index in [2.05, 4.69) is 22.0 Å². The minimum Gasteiger partial charge on any atom is -0.485 e. The molecule has 0 spiro atoms. The van der Waals surface area contributed by atoms with Gasteiger partial charge in [-0.25, -0.2) is 13.8 Å². The van der Waals surface area contributed by atoms with E-state index in [1.807, 2.05) is 12.1 Å². The van der Waals surface area contributed by atoms with Gasteiger partial charge in [0.25, 0.3) is 0 Å². The summed E-state index contributed by atoms with van der Waals surface area (Å²) >= 11 is 5.86. The molecule has 3 aromatic rings. The summed E-state index contributed by atoms with van der Waals surface area (Å²) in [5.41, 5.74) is 8.89. The number of hydrogen-bond acceptors (Lipinski definition) is 4. The van der Waals surface area contributed by atoms with Crippen molar-refractivity contribution in [2.45, 2.75) is 26.0 Å². The van der Waals surface area contributed by atoms with Gasteiger partial charge in [-0.05, 0) is 55.3 Å². The SMILES string of the molecule is Nc1ncc(-c2ccc(CN3CCCC3)cc2)cc1OCc1c(F)ccc(F)c1Cl. The molecule has 2 aromatic carbocycles. The minimum absolute atomic E-state index is 0.0623. The highest BCUT2D eigenvalue weighted by Gasteiger charge is 2.15. The van der Waals surface area contributed by atoms with Gasteiger partial charge in [-0.1, -0.05) is 35.9 Å². The third-order valence-corrected chi connectivity index (χ3v) is 5.69. The zero-order valence-corrected chi connectivity index (χ0v) is 17.1. The molecule has 30 heavy (non-hydrogen) atoms. The van der Waals surface area contributed by atoms with Gasteiger partial charge < -0.3 is 10.5 Å². The van der Waals surface area contributed by atoms with E-state index in [-0.39, 0.29) is 28.8 Å². The van der Waals surface area contributed by atoms with Gasteiger partial charge in [-0.3, -0.25) is 4.90 Å². The number of nitrogens with two attached hydrogens (primary N) is 1. The second-order valence-corrected chi connectivity index (χ2v) is 7.78. The number of aromatic nitrogens is 1. The molecular weight excluding hydrogens is 408 g/mol. The third kappa shape index (κ3) is 4.55. The molecule has 1 aliphatic rings. The lowest BCUT2D eigenvalue weighted by Gasteiger charge is -2.15. The van der Waals surface area contributed by atoms with Crippen LogP contribution in [0.2, 0.25) is 5.02 Å². The van der Waals surface area contributed by atoms with Crippen LogP contribution in [-0.4, -0.2) is 23.0 Å². The van der Waals surface area contributed by atoms with Crippen LogP contribution in [0.3, 0.4) is 0 Å². The lowest BCUT2D eigenvalue weighted by atomic mass is 10.1. The van der Waals surface area contributed by atoms with Gasteiger partial charge >= 0.3 is 0 Å². The van der Waals surface area contributed by atoms with E-state index >= 15 is 0 Å². The minimum atomic E-state index is -0.703. The van der Waals surface area contributed by atoms with E-state index < -0.39 is 11.6 Å². The molecule has 0 unspecified atom stereocenters. The molecule has 4 nitrogen and oxygen atoms in total. The Kier molecular flexibility index (Phi) is 6.16. The maximum absolute atomic E-state index is 14.0. The molecule has 156 valence electrons. The summed E-state index contributed by atoms with van der Waals surface area (Å²) in [6.07, 6.45) is 4.19. The molecule has 0 saturated carbocycles. The Morgan fingerprint density at radius 2 is 1.70 bits per heavy atom. The largest absolute Gasteiger partial charge is 0.485 e. The maximum Gasteiger partial charge on any atom is 0.166 e. The molecule has 1 aromatic heterocycles.